The summed E-state index contributed by atoms with van der Waals surface area (Å²) in [6.07, 6.45) is 3.55. The number of methoxy groups -OCH3 is 1. The zero-order valence-electron chi connectivity index (χ0n) is 20.5. The number of anilines is 4. The van der Waals surface area contributed by atoms with E-state index in [1.165, 1.54) is 6.20 Å². The summed E-state index contributed by atoms with van der Waals surface area (Å²) in [5, 5.41) is 17.3. The minimum atomic E-state index is 0.332. The van der Waals surface area contributed by atoms with Crippen molar-refractivity contribution in [2.24, 2.45) is 0 Å². The molecule has 0 spiro atoms. The number of nitriles is 1. The van der Waals surface area contributed by atoms with Crippen LogP contribution in [0.4, 0.5) is 23.0 Å². The van der Waals surface area contributed by atoms with Gasteiger partial charge in [-0.05, 0) is 26.2 Å². The second kappa shape index (κ2) is 9.64. The number of rotatable bonds is 8. The third-order valence-electron chi connectivity index (χ3n) is 6.11. The van der Waals surface area contributed by atoms with Crippen LogP contribution in [-0.4, -0.2) is 60.3 Å². The molecule has 0 bridgehead atoms. The predicted molar refractivity (Wildman–Crippen MR) is 141 cm³/mol. The molecule has 36 heavy (non-hydrogen) atoms. The molecule has 0 fully saturated rings. The molecular weight excluding hydrogens is 456 g/mol. The Bertz CT molecular complexity index is 1470. The Morgan fingerprint density at radius 2 is 2.14 bits per heavy atom. The van der Waals surface area contributed by atoms with Crippen molar-refractivity contribution in [3.05, 3.63) is 48.3 Å². The summed E-state index contributed by atoms with van der Waals surface area (Å²) in [6.45, 7) is 2.95. The fourth-order valence-corrected chi connectivity index (χ4v) is 4.34. The molecule has 0 aliphatic carbocycles. The number of nitrogens with zero attached hydrogens (tertiary/aromatic N) is 5. The van der Waals surface area contributed by atoms with Gasteiger partial charge in [0.2, 0.25) is 5.95 Å². The maximum atomic E-state index is 9.79. The van der Waals surface area contributed by atoms with Gasteiger partial charge in [0.1, 0.15) is 24.2 Å². The Hall–Kier alpha value is -4.49. The topological polar surface area (TPSA) is 126 Å². The lowest BCUT2D eigenvalue weighted by molar-refractivity contribution is 0.287. The lowest BCUT2D eigenvalue weighted by Gasteiger charge is -2.17. The van der Waals surface area contributed by atoms with E-state index in [0.29, 0.717) is 40.9 Å². The largest absolute Gasteiger partial charge is 0.494 e. The number of para-hydroxylation sites is 1. The highest BCUT2D eigenvalue weighted by Gasteiger charge is 2.21. The average Bonchev–Trinajstić information content (AvgIpc) is 3.25. The number of aromatic nitrogens is 3. The molecule has 2 aromatic heterocycles. The van der Waals surface area contributed by atoms with Crippen molar-refractivity contribution in [1.82, 2.24) is 19.4 Å². The Kier molecular flexibility index (Phi) is 6.23. The van der Waals surface area contributed by atoms with Crippen LogP contribution in [0.1, 0.15) is 5.56 Å². The van der Waals surface area contributed by atoms with Crippen LogP contribution in [0.25, 0.3) is 22.2 Å². The Morgan fingerprint density at radius 1 is 1.28 bits per heavy atom. The number of likely N-dealkylation sites (N-methyl/N-ethyl adjacent to an activating group) is 1. The summed E-state index contributed by atoms with van der Waals surface area (Å²) < 4.78 is 13.6. The Morgan fingerprint density at radius 3 is 2.92 bits per heavy atom. The van der Waals surface area contributed by atoms with Crippen molar-refractivity contribution in [3.8, 4) is 28.8 Å². The van der Waals surface area contributed by atoms with E-state index in [4.69, 9.17) is 20.2 Å². The van der Waals surface area contributed by atoms with E-state index in [1.807, 2.05) is 44.6 Å². The zero-order chi connectivity index (χ0) is 25.2. The van der Waals surface area contributed by atoms with Crippen LogP contribution in [0.3, 0.4) is 0 Å². The van der Waals surface area contributed by atoms with E-state index in [0.717, 1.165) is 47.5 Å². The molecule has 4 aromatic rings. The quantitative estimate of drug-likeness (QED) is 0.321. The molecule has 10 heteroatoms. The van der Waals surface area contributed by atoms with E-state index in [9.17, 15) is 5.26 Å². The van der Waals surface area contributed by atoms with Gasteiger partial charge in [-0.1, -0.05) is 12.1 Å². The predicted octanol–water partition coefficient (Wildman–Crippen LogP) is 3.67. The van der Waals surface area contributed by atoms with Gasteiger partial charge in [-0.15, -0.1) is 0 Å². The van der Waals surface area contributed by atoms with Gasteiger partial charge in [-0.2, -0.15) is 5.26 Å². The van der Waals surface area contributed by atoms with Crippen molar-refractivity contribution in [1.29, 1.82) is 5.26 Å². The molecule has 3 heterocycles. The number of nitrogens with one attached hydrogen (secondary N) is 2. The van der Waals surface area contributed by atoms with E-state index in [2.05, 4.69) is 31.2 Å². The third-order valence-corrected chi connectivity index (χ3v) is 6.11. The first-order valence-electron chi connectivity index (χ1n) is 11.6. The molecular formula is C26H28N8O2. The lowest BCUT2D eigenvalue weighted by Crippen LogP contribution is -2.21. The Labute approximate surface area is 209 Å². The fourth-order valence-electron chi connectivity index (χ4n) is 4.34. The summed E-state index contributed by atoms with van der Waals surface area (Å²) in [6, 6.07) is 11.8. The summed E-state index contributed by atoms with van der Waals surface area (Å²) >= 11 is 0. The Balaban J connectivity index is 1.50. The second-order valence-corrected chi connectivity index (χ2v) is 8.80. The van der Waals surface area contributed by atoms with E-state index >= 15 is 0 Å². The first-order valence-corrected chi connectivity index (χ1v) is 11.6. The lowest BCUT2D eigenvalue weighted by atomic mass is 10.1. The first kappa shape index (κ1) is 23.3. The highest BCUT2D eigenvalue weighted by molar-refractivity contribution is 5.99. The summed E-state index contributed by atoms with van der Waals surface area (Å²) in [5.41, 5.74) is 11.1. The normalized spacial score (nSPS) is 12.3. The van der Waals surface area contributed by atoms with Crippen LogP contribution in [0.2, 0.25) is 0 Å². The molecule has 0 saturated carbocycles. The van der Waals surface area contributed by atoms with Crippen molar-refractivity contribution < 1.29 is 9.47 Å². The van der Waals surface area contributed by atoms with Crippen molar-refractivity contribution in [3.63, 3.8) is 0 Å². The van der Waals surface area contributed by atoms with Gasteiger partial charge in [-0.25, -0.2) is 9.97 Å². The van der Waals surface area contributed by atoms with Crippen molar-refractivity contribution >= 4 is 33.9 Å². The van der Waals surface area contributed by atoms with Crippen LogP contribution < -0.4 is 25.8 Å². The molecule has 4 N–H and O–H groups in total. The molecule has 10 nitrogen and oxygen atoms in total. The SMILES string of the molecule is COc1cc(NCCN(C)C)c(N)cc1Nc1ncc(C#N)c(-c2cn3c4c(cccc24)OCC3)n1. The van der Waals surface area contributed by atoms with Crippen LogP contribution in [-0.2, 0) is 6.54 Å². The summed E-state index contributed by atoms with van der Waals surface area (Å²) in [4.78, 5) is 11.2. The molecule has 0 atom stereocenters. The monoisotopic (exact) mass is 484 g/mol. The molecule has 0 amide bonds. The number of hydrogen-bond donors (Lipinski definition) is 3. The van der Waals surface area contributed by atoms with Gasteiger partial charge in [0.15, 0.2) is 0 Å². The maximum absolute atomic E-state index is 9.79. The van der Waals surface area contributed by atoms with Crippen LogP contribution >= 0.6 is 0 Å². The van der Waals surface area contributed by atoms with Gasteiger partial charge in [0.05, 0.1) is 53.7 Å². The highest BCUT2D eigenvalue weighted by atomic mass is 16.5. The highest BCUT2D eigenvalue weighted by Crippen LogP contribution is 2.39. The van der Waals surface area contributed by atoms with Crippen molar-refractivity contribution in [2.45, 2.75) is 6.54 Å². The number of ether oxygens (including phenoxy) is 2. The standard InChI is InChI=1S/C26H28N8O2/c1-33(2)8-7-29-20-12-23(35-3)21(11-19(20)28)31-26-30-14-16(13-27)24(32-26)18-15-34-9-10-36-22-6-4-5-17(18)25(22)34/h4-6,11-12,14-15,29H,7-10,28H2,1-3H3,(H,30,31,32). The fraction of sp³-hybridized carbons (Fsp3) is 0.269. The molecule has 0 radical (unpaired) electrons. The minimum Gasteiger partial charge on any atom is -0.494 e. The minimum absolute atomic E-state index is 0.332. The van der Waals surface area contributed by atoms with Crippen LogP contribution in [0.5, 0.6) is 11.5 Å². The van der Waals surface area contributed by atoms with Crippen LogP contribution in [0, 0.1) is 11.3 Å². The molecule has 184 valence electrons. The van der Waals surface area contributed by atoms with E-state index in [-0.39, 0.29) is 0 Å². The molecule has 2 aromatic carbocycles. The smallest absolute Gasteiger partial charge is 0.227 e. The van der Waals surface area contributed by atoms with E-state index in [1.54, 1.807) is 13.2 Å². The van der Waals surface area contributed by atoms with Gasteiger partial charge in [0.25, 0.3) is 0 Å². The zero-order valence-corrected chi connectivity index (χ0v) is 20.5. The molecule has 1 aliphatic heterocycles. The van der Waals surface area contributed by atoms with Gasteiger partial charge >= 0.3 is 0 Å². The third kappa shape index (κ3) is 4.32. The average molecular weight is 485 g/mol. The summed E-state index contributed by atoms with van der Waals surface area (Å²) in [7, 11) is 5.63. The summed E-state index contributed by atoms with van der Waals surface area (Å²) in [5.74, 6) is 1.75. The van der Waals surface area contributed by atoms with Gasteiger partial charge in [-0.3, -0.25) is 0 Å². The van der Waals surface area contributed by atoms with Crippen molar-refractivity contribution in [2.75, 3.05) is 57.3 Å². The number of benzene rings is 2. The molecule has 5 rings (SSSR count). The molecule has 1 aliphatic rings. The van der Waals surface area contributed by atoms with Gasteiger partial charge < -0.3 is 35.3 Å². The second-order valence-electron chi connectivity index (χ2n) is 8.80. The van der Waals surface area contributed by atoms with Gasteiger partial charge in [0, 0.05) is 36.3 Å². The number of nitrogens with two attached hydrogens (primary N) is 1. The molecule has 0 saturated heterocycles. The number of hydrogen-bond acceptors (Lipinski definition) is 9. The van der Waals surface area contributed by atoms with Crippen LogP contribution in [0.15, 0.2) is 42.7 Å². The maximum Gasteiger partial charge on any atom is 0.227 e. The van der Waals surface area contributed by atoms with E-state index < -0.39 is 0 Å². The molecule has 0 unspecified atom stereocenters. The first-order chi connectivity index (χ1) is 17.5. The number of nitrogen functional groups attached to an aromatic ring is 1.